The van der Waals surface area contributed by atoms with Gasteiger partial charge in [-0.1, -0.05) is 30.3 Å². The number of piperidine rings is 1. The molecule has 0 aromatic heterocycles. The molecule has 20 heavy (non-hydrogen) atoms. The van der Waals surface area contributed by atoms with Gasteiger partial charge in [0.15, 0.2) is 0 Å². The van der Waals surface area contributed by atoms with Crippen LogP contribution in [-0.4, -0.2) is 26.3 Å². The highest BCUT2D eigenvalue weighted by atomic mass is 16.5. The summed E-state index contributed by atoms with van der Waals surface area (Å²) in [4.78, 5) is 2.44. The fraction of sp³-hybridized carbons (Fsp3) is 0.412. The molecule has 3 rings (SSSR count). The lowest BCUT2D eigenvalue weighted by atomic mass is 10.00. The molecule has 1 atom stereocenters. The molecule has 1 fully saturated rings. The van der Waals surface area contributed by atoms with Gasteiger partial charge in [-0.25, -0.2) is 0 Å². The van der Waals surface area contributed by atoms with E-state index in [1.807, 2.05) is 7.11 Å². The molecule has 1 unspecified atom stereocenters. The highest BCUT2D eigenvalue weighted by Gasteiger charge is 2.21. The lowest BCUT2D eigenvalue weighted by Gasteiger charge is -2.34. The molecule has 2 aromatic carbocycles. The average Bonchev–Trinajstić information content (AvgIpc) is 2.54. The molecule has 0 amide bonds. The topological polar surface area (TPSA) is 38.5 Å². The molecule has 0 spiro atoms. The van der Waals surface area contributed by atoms with Gasteiger partial charge in [0.05, 0.1) is 6.10 Å². The van der Waals surface area contributed by atoms with Crippen LogP contribution >= 0.6 is 0 Å². The van der Waals surface area contributed by atoms with Crippen LogP contribution in [0.4, 0.5) is 5.69 Å². The second-order valence-electron chi connectivity index (χ2n) is 5.44. The van der Waals surface area contributed by atoms with Crippen LogP contribution in [0.3, 0.4) is 0 Å². The number of methoxy groups -OCH3 is 1. The van der Waals surface area contributed by atoms with E-state index in [1.165, 1.54) is 28.4 Å². The van der Waals surface area contributed by atoms with E-state index in [1.54, 1.807) is 0 Å². The van der Waals surface area contributed by atoms with Crippen LogP contribution in [0.2, 0.25) is 0 Å². The smallest absolute Gasteiger partial charge is 0.0746 e. The zero-order valence-corrected chi connectivity index (χ0v) is 12.0. The number of benzene rings is 2. The number of anilines is 1. The van der Waals surface area contributed by atoms with E-state index in [-0.39, 0.29) is 0 Å². The molecule has 0 radical (unpaired) electrons. The maximum absolute atomic E-state index is 5.85. The lowest BCUT2D eigenvalue weighted by molar-refractivity contribution is 0.0894. The third kappa shape index (κ3) is 2.39. The van der Waals surface area contributed by atoms with Crippen molar-refractivity contribution in [3.8, 4) is 0 Å². The van der Waals surface area contributed by atoms with Crippen LogP contribution in [0.5, 0.6) is 0 Å². The van der Waals surface area contributed by atoms with Crippen molar-refractivity contribution >= 4 is 16.5 Å². The van der Waals surface area contributed by atoms with Crippen LogP contribution < -0.4 is 10.6 Å². The standard InChI is InChI=1S/C17H22N2O/c1-20-14-5-4-10-19(12-14)17-9-8-13(11-18)15-6-2-3-7-16(15)17/h2-3,6-9,14H,4-5,10-12,18H2,1H3. The quantitative estimate of drug-likeness (QED) is 0.932. The van der Waals surface area contributed by atoms with Gasteiger partial charge in [-0.15, -0.1) is 0 Å². The predicted molar refractivity (Wildman–Crippen MR) is 84.1 cm³/mol. The van der Waals surface area contributed by atoms with E-state index in [9.17, 15) is 0 Å². The number of ether oxygens (including phenoxy) is 1. The molecule has 0 saturated carbocycles. The van der Waals surface area contributed by atoms with E-state index in [2.05, 4.69) is 41.3 Å². The molecule has 1 aliphatic rings. The molecule has 1 heterocycles. The SMILES string of the molecule is COC1CCCN(c2ccc(CN)c3ccccc23)C1. The Morgan fingerprint density at radius 3 is 2.75 bits per heavy atom. The van der Waals surface area contributed by atoms with Crippen molar-refractivity contribution < 1.29 is 4.74 Å². The Morgan fingerprint density at radius 2 is 2.00 bits per heavy atom. The van der Waals surface area contributed by atoms with Crippen molar-refractivity contribution in [1.29, 1.82) is 0 Å². The average molecular weight is 270 g/mol. The van der Waals surface area contributed by atoms with Gasteiger partial charge in [-0.3, -0.25) is 0 Å². The van der Waals surface area contributed by atoms with Crippen LogP contribution in [0.25, 0.3) is 10.8 Å². The Morgan fingerprint density at radius 1 is 1.20 bits per heavy atom. The zero-order valence-electron chi connectivity index (χ0n) is 12.0. The minimum Gasteiger partial charge on any atom is -0.380 e. The van der Waals surface area contributed by atoms with Gasteiger partial charge in [-0.05, 0) is 29.9 Å². The van der Waals surface area contributed by atoms with Crippen molar-refractivity contribution in [2.24, 2.45) is 5.73 Å². The predicted octanol–water partition coefficient (Wildman–Crippen LogP) is 2.91. The summed E-state index contributed by atoms with van der Waals surface area (Å²) in [5.74, 6) is 0. The van der Waals surface area contributed by atoms with Gasteiger partial charge in [0, 0.05) is 37.8 Å². The molecule has 0 bridgehead atoms. The van der Waals surface area contributed by atoms with Crippen LogP contribution in [0.15, 0.2) is 36.4 Å². The number of rotatable bonds is 3. The summed E-state index contributed by atoms with van der Waals surface area (Å²) in [7, 11) is 1.81. The summed E-state index contributed by atoms with van der Waals surface area (Å²) >= 11 is 0. The molecule has 0 aliphatic carbocycles. The third-order valence-electron chi connectivity index (χ3n) is 4.26. The summed E-state index contributed by atoms with van der Waals surface area (Å²) < 4.78 is 5.54. The van der Waals surface area contributed by atoms with E-state index < -0.39 is 0 Å². The lowest BCUT2D eigenvalue weighted by Crippen LogP contribution is -2.39. The highest BCUT2D eigenvalue weighted by molar-refractivity contribution is 5.96. The molecule has 1 aliphatic heterocycles. The molecular weight excluding hydrogens is 248 g/mol. The van der Waals surface area contributed by atoms with Crippen molar-refractivity contribution in [2.45, 2.75) is 25.5 Å². The number of nitrogens with two attached hydrogens (primary N) is 1. The highest BCUT2D eigenvalue weighted by Crippen LogP contribution is 2.31. The minimum absolute atomic E-state index is 0.344. The van der Waals surface area contributed by atoms with Gasteiger partial charge in [0.2, 0.25) is 0 Å². The van der Waals surface area contributed by atoms with Crippen LogP contribution in [0, 0.1) is 0 Å². The summed E-state index contributed by atoms with van der Waals surface area (Å²) in [5.41, 5.74) is 8.37. The van der Waals surface area contributed by atoms with E-state index in [0.29, 0.717) is 12.6 Å². The van der Waals surface area contributed by atoms with Gasteiger partial charge in [-0.2, -0.15) is 0 Å². The molecule has 106 valence electrons. The zero-order chi connectivity index (χ0) is 13.9. The van der Waals surface area contributed by atoms with Crippen molar-refractivity contribution in [3.63, 3.8) is 0 Å². The molecular formula is C17H22N2O. The summed E-state index contributed by atoms with van der Waals surface area (Å²) in [6.45, 7) is 2.66. The molecule has 2 aromatic rings. The first-order valence-corrected chi connectivity index (χ1v) is 7.32. The number of fused-ring (bicyclic) bond motifs is 1. The van der Waals surface area contributed by atoms with Gasteiger partial charge >= 0.3 is 0 Å². The third-order valence-corrected chi connectivity index (χ3v) is 4.26. The van der Waals surface area contributed by atoms with Crippen molar-refractivity contribution in [2.75, 3.05) is 25.1 Å². The maximum Gasteiger partial charge on any atom is 0.0746 e. The normalized spacial score (nSPS) is 19.5. The summed E-state index contributed by atoms with van der Waals surface area (Å²) in [5, 5.41) is 2.57. The summed E-state index contributed by atoms with van der Waals surface area (Å²) in [6, 6.07) is 12.9. The van der Waals surface area contributed by atoms with E-state index in [4.69, 9.17) is 10.5 Å². The van der Waals surface area contributed by atoms with E-state index >= 15 is 0 Å². The van der Waals surface area contributed by atoms with Crippen molar-refractivity contribution in [1.82, 2.24) is 0 Å². The number of hydrogen-bond donors (Lipinski definition) is 1. The van der Waals surface area contributed by atoms with Crippen molar-refractivity contribution in [3.05, 3.63) is 42.0 Å². The van der Waals surface area contributed by atoms with E-state index in [0.717, 1.165) is 19.5 Å². The summed E-state index contributed by atoms with van der Waals surface area (Å²) in [6.07, 6.45) is 2.69. The first-order valence-electron chi connectivity index (χ1n) is 7.32. The van der Waals surface area contributed by atoms with Gasteiger partial charge in [0.1, 0.15) is 0 Å². The number of hydrogen-bond acceptors (Lipinski definition) is 3. The fourth-order valence-electron chi connectivity index (χ4n) is 3.15. The Labute approximate surface area is 120 Å². The Bertz CT molecular complexity index is 597. The minimum atomic E-state index is 0.344. The number of nitrogens with zero attached hydrogens (tertiary/aromatic N) is 1. The maximum atomic E-state index is 5.85. The van der Waals surface area contributed by atoms with Gasteiger partial charge in [0.25, 0.3) is 0 Å². The molecule has 3 nitrogen and oxygen atoms in total. The Balaban J connectivity index is 2.03. The van der Waals surface area contributed by atoms with Crippen LogP contribution in [-0.2, 0) is 11.3 Å². The molecule has 1 saturated heterocycles. The molecule has 3 heteroatoms. The van der Waals surface area contributed by atoms with Crippen LogP contribution in [0.1, 0.15) is 18.4 Å². The first-order chi connectivity index (χ1) is 9.83. The monoisotopic (exact) mass is 270 g/mol. The Kier molecular flexibility index (Phi) is 3.90. The Hall–Kier alpha value is -1.58. The second-order valence-corrected chi connectivity index (χ2v) is 5.44. The fourth-order valence-corrected chi connectivity index (χ4v) is 3.15. The second kappa shape index (κ2) is 5.81. The largest absolute Gasteiger partial charge is 0.380 e. The molecule has 2 N–H and O–H groups in total. The van der Waals surface area contributed by atoms with Gasteiger partial charge < -0.3 is 15.4 Å². The first kappa shape index (κ1) is 13.4.